The summed E-state index contributed by atoms with van der Waals surface area (Å²) in [6.07, 6.45) is 0.626. The largest absolute Gasteiger partial charge is 0.488 e. The molecule has 0 aliphatic rings. The van der Waals surface area contributed by atoms with E-state index in [0.29, 0.717) is 28.2 Å². The van der Waals surface area contributed by atoms with E-state index in [0.717, 1.165) is 0 Å². The number of hydrogen-bond acceptors (Lipinski definition) is 4. The van der Waals surface area contributed by atoms with Crippen molar-refractivity contribution in [3.63, 3.8) is 0 Å². The van der Waals surface area contributed by atoms with Crippen LogP contribution in [0.2, 0.25) is 5.02 Å². The number of carbonyl (C=O) groups excluding carboxylic acids is 1. The average molecular weight is 292 g/mol. The van der Waals surface area contributed by atoms with Gasteiger partial charge < -0.3 is 4.74 Å². The summed E-state index contributed by atoms with van der Waals surface area (Å²) in [5, 5.41) is 11.3. The number of nitro benzene ring substituents is 1. The number of para-hydroxylation sites is 1. The topological polar surface area (TPSA) is 69.4 Å². The number of aldehydes is 1. The van der Waals surface area contributed by atoms with E-state index >= 15 is 0 Å². The summed E-state index contributed by atoms with van der Waals surface area (Å²) in [6, 6.07) is 10.9. The van der Waals surface area contributed by atoms with Gasteiger partial charge >= 0.3 is 0 Å². The highest BCUT2D eigenvalue weighted by Gasteiger charge is 2.13. The van der Waals surface area contributed by atoms with Crippen LogP contribution in [0.5, 0.6) is 5.75 Å². The SMILES string of the molecule is O=Cc1cc(Cl)ccc1OCc1ccccc1[N+](=O)[O-]. The third-order valence-corrected chi connectivity index (χ3v) is 2.91. The number of nitrogens with zero attached hydrogens (tertiary/aromatic N) is 1. The minimum Gasteiger partial charge on any atom is -0.488 e. The lowest BCUT2D eigenvalue weighted by molar-refractivity contribution is -0.385. The summed E-state index contributed by atoms with van der Waals surface area (Å²) in [5.74, 6) is 0.336. The maximum absolute atomic E-state index is 10.9. The molecule has 102 valence electrons. The lowest BCUT2D eigenvalue weighted by Crippen LogP contribution is -2.01. The molecule has 0 aliphatic carbocycles. The van der Waals surface area contributed by atoms with Gasteiger partial charge in [-0.3, -0.25) is 14.9 Å². The molecule has 0 unspecified atom stereocenters. The molecule has 0 saturated heterocycles. The quantitative estimate of drug-likeness (QED) is 0.479. The van der Waals surface area contributed by atoms with Gasteiger partial charge in [0.2, 0.25) is 0 Å². The third kappa shape index (κ3) is 3.13. The van der Waals surface area contributed by atoms with Crippen molar-refractivity contribution in [2.24, 2.45) is 0 Å². The molecule has 2 aromatic rings. The van der Waals surface area contributed by atoms with Gasteiger partial charge in [-0.05, 0) is 24.3 Å². The molecule has 20 heavy (non-hydrogen) atoms. The van der Waals surface area contributed by atoms with Crippen molar-refractivity contribution in [2.45, 2.75) is 6.61 Å². The number of hydrogen-bond donors (Lipinski definition) is 0. The standard InChI is InChI=1S/C14H10ClNO4/c15-12-5-6-14(11(7-12)8-17)20-9-10-3-1-2-4-13(10)16(18)19/h1-8H,9H2. The third-order valence-electron chi connectivity index (χ3n) is 2.67. The summed E-state index contributed by atoms with van der Waals surface area (Å²) in [6.45, 7) is -0.000371. The van der Waals surface area contributed by atoms with Crippen molar-refractivity contribution in [2.75, 3.05) is 0 Å². The molecular formula is C14H10ClNO4. The smallest absolute Gasteiger partial charge is 0.276 e. The van der Waals surface area contributed by atoms with Crippen LogP contribution >= 0.6 is 11.6 Å². The average Bonchev–Trinajstić information content (AvgIpc) is 2.46. The molecule has 0 spiro atoms. The predicted octanol–water partition coefficient (Wildman–Crippen LogP) is 3.64. The van der Waals surface area contributed by atoms with E-state index in [2.05, 4.69) is 0 Å². The number of carbonyl (C=O) groups is 1. The molecule has 0 fully saturated rings. The number of benzene rings is 2. The van der Waals surface area contributed by atoms with Crippen LogP contribution in [0.25, 0.3) is 0 Å². The predicted molar refractivity (Wildman–Crippen MR) is 74.3 cm³/mol. The van der Waals surface area contributed by atoms with Crippen LogP contribution in [0, 0.1) is 10.1 Å². The number of halogens is 1. The molecule has 0 saturated carbocycles. The zero-order chi connectivity index (χ0) is 14.5. The fourth-order valence-electron chi connectivity index (χ4n) is 1.71. The summed E-state index contributed by atoms with van der Waals surface area (Å²) in [5.41, 5.74) is 0.717. The maximum Gasteiger partial charge on any atom is 0.276 e. The van der Waals surface area contributed by atoms with Crippen LogP contribution in [0.15, 0.2) is 42.5 Å². The highest BCUT2D eigenvalue weighted by atomic mass is 35.5. The fraction of sp³-hybridized carbons (Fsp3) is 0.0714. The molecule has 0 aromatic heterocycles. The Labute approximate surface area is 119 Å². The molecule has 0 amide bonds. The van der Waals surface area contributed by atoms with Gasteiger partial charge in [-0.2, -0.15) is 0 Å². The van der Waals surface area contributed by atoms with E-state index in [4.69, 9.17) is 16.3 Å². The van der Waals surface area contributed by atoms with Crippen LogP contribution in [-0.4, -0.2) is 11.2 Å². The molecule has 2 rings (SSSR count). The van der Waals surface area contributed by atoms with Crippen molar-refractivity contribution in [1.82, 2.24) is 0 Å². The number of rotatable bonds is 5. The zero-order valence-electron chi connectivity index (χ0n) is 10.3. The first kappa shape index (κ1) is 14.0. The summed E-state index contributed by atoms with van der Waals surface area (Å²) in [7, 11) is 0. The molecule has 0 N–H and O–H groups in total. The Bertz CT molecular complexity index is 657. The van der Waals surface area contributed by atoms with Gasteiger partial charge in [-0.15, -0.1) is 0 Å². The van der Waals surface area contributed by atoms with Crippen LogP contribution in [0.3, 0.4) is 0 Å². The zero-order valence-corrected chi connectivity index (χ0v) is 11.0. The summed E-state index contributed by atoms with van der Waals surface area (Å²) in [4.78, 5) is 21.3. The Hall–Kier alpha value is -2.40. The molecule has 5 nitrogen and oxygen atoms in total. The first-order valence-electron chi connectivity index (χ1n) is 5.71. The Morgan fingerprint density at radius 1 is 1.25 bits per heavy atom. The van der Waals surface area contributed by atoms with Crippen LogP contribution < -0.4 is 4.74 Å². The minimum absolute atomic E-state index is 0.000371. The Balaban J connectivity index is 2.21. The van der Waals surface area contributed by atoms with Gasteiger partial charge in [0.05, 0.1) is 16.1 Å². The first-order chi connectivity index (χ1) is 9.61. The highest BCUT2D eigenvalue weighted by molar-refractivity contribution is 6.30. The summed E-state index contributed by atoms with van der Waals surface area (Å²) < 4.78 is 5.47. The summed E-state index contributed by atoms with van der Waals surface area (Å²) >= 11 is 5.78. The molecule has 0 heterocycles. The van der Waals surface area contributed by atoms with E-state index in [-0.39, 0.29) is 12.3 Å². The molecule has 0 bridgehead atoms. The lowest BCUT2D eigenvalue weighted by atomic mass is 10.2. The van der Waals surface area contributed by atoms with Crippen molar-refractivity contribution < 1.29 is 14.5 Å². The lowest BCUT2D eigenvalue weighted by Gasteiger charge is -2.09. The normalized spacial score (nSPS) is 10.1. The van der Waals surface area contributed by atoms with E-state index in [1.165, 1.54) is 12.1 Å². The van der Waals surface area contributed by atoms with Crippen LogP contribution in [0.4, 0.5) is 5.69 Å². The maximum atomic E-state index is 10.9. The fourth-order valence-corrected chi connectivity index (χ4v) is 1.89. The van der Waals surface area contributed by atoms with Crippen molar-refractivity contribution in [1.29, 1.82) is 0 Å². The molecule has 2 aromatic carbocycles. The van der Waals surface area contributed by atoms with Crippen molar-refractivity contribution in [3.8, 4) is 5.75 Å². The highest BCUT2D eigenvalue weighted by Crippen LogP contribution is 2.24. The molecule has 0 radical (unpaired) electrons. The second-order valence-electron chi connectivity index (χ2n) is 3.97. The van der Waals surface area contributed by atoms with Gasteiger partial charge in [0.25, 0.3) is 5.69 Å². The van der Waals surface area contributed by atoms with E-state index in [9.17, 15) is 14.9 Å². The monoisotopic (exact) mass is 291 g/mol. The minimum atomic E-state index is -0.471. The second kappa shape index (κ2) is 6.16. The van der Waals surface area contributed by atoms with Crippen LogP contribution in [-0.2, 0) is 6.61 Å². The van der Waals surface area contributed by atoms with Crippen LogP contribution in [0.1, 0.15) is 15.9 Å². The van der Waals surface area contributed by atoms with Gasteiger partial charge in [-0.1, -0.05) is 23.7 Å². The number of nitro groups is 1. The molecular weight excluding hydrogens is 282 g/mol. The Kier molecular flexibility index (Phi) is 4.32. The van der Waals surface area contributed by atoms with Crippen molar-refractivity contribution in [3.05, 3.63) is 68.7 Å². The van der Waals surface area contributed by atoms with Crippen molar-refractivity contribution >= 4 is 23.6 Å². The Morgan fingerprint density at radius 3 is 2.70 bits per heavy atom. The van der Waals surface area contributed by atoms with Gasteiger partial charge in [0.1, 0.15) is 12.4 Å². The van der Waals surface area contributed by atoms with Gasteiger partial charge in [-0.25, -0.2) is 0 Å². The molecule has 0 atom stereocenters. The van der Waals surface area contributed by atoms with Gasteiger partial charge in [0.15, 0.2) is 6.29 Å². The second-order valence-corrected chi connectivity index (χ2v) is 4.41. The van der Waals surface area contributed by atoms with Gasteiger partial charge in [0, 0.05) is 11.1 Å². The first-order valence-corrected chi connectivity index (χ1v) is 6.09. The van der Waals surface area contributed by atoms with E-state index < -0.39 is 4.92 Å². The molecule has 6 heteroatoms. The van der Waals surface area contributed by atoms with E-state index in [1.54, 1.807) is 30.3 Å². The number of ether oxygens (including phenoxy) is 1. The molecule has 0 aliphatic heterocycles. The van der Waals surface area contributed by atoms with E-state index in [1.807, 2.05) is 0 Å². The Morgan fingerprint density at radius 2 is 2.00 bits per heavy atom.